The molecule has 0 aromatic heterocycles. The van der Waals surface area contributed by atoms with Gasteiger partial charge in [0.2, 0.25) is 5.82 Å². The molecule has 0 fully saturated rings. The first-order valence-electron chi connectivity index (χ1n) is 4.01. The SMILES string of the molecule is COc1c([C@@H](O)CN)ccc(F)c1F. The molecule has 0 amide bonds. The molecule has 5 heteroatoms. The first kappa shape index (κ1) is 10.9. The van der Waals surface area contributed by atoms with Crippen molar-refractivity contribution in [3.8, 4) is 5.75 Å². The van der Waals surface area contributed by atoms with Crippen LogP contribution in [0, 0.1) is 11.6 Å². The average molecular weight is 203 g/mol. The van der Waals surface area contributed by atoms with Gasteiger partial charge >= 0.3 is 0 Å². The number of hydrogen-bond acceptors (Lipinski definition) is 3. The first-order chi connectivity index (χ1) is 6.61. The Balaban J connectivity index is 3.23. The highest BCUT2D eigenvalue weighted by Gasteiger charge is 2.18. The minimum Gasteiger partial charge on any atom is -0.493 e. The van der Waals surface area contributed by atoms with E-state index in [9.17, 15) is 13.9 Å². The van der Waals surface area contributed by atoms with Crippen molar-refractivity contribution >= 4 is 0 Å². The van der Waals surface area contributed by atoms with E-state index in [2.05, 4.69) is 4.74 Å². The fraction of sp³-hybridized carbons (Fsp3) is 0.333. The van der Waals surface area contributed by atoms with Crippen molar-refractivity contribution < 1.29 is 18.6 Å². The summed E-state index contributed by atoms with van der Waals surface area (Å²) in [6.07, 6.45) is -1.06. The molecule has 1 rings (SSSR count). The van der Waals surface area contributed by atoms with E-state index in [0.29, 0.717) is 0 Å². The Morgan fingerprint density at radius 3 is 2.64 bits per heavy atom. The average Bonchev–Trinajstić information content (AvgIpc) is 2.20. The second-order valence-electron chi connectivity index (χ2n) is 2.74. The highest BCUT2D eigenvalue weighted by molar-refractivity contribution is 5.37. The number of aliphatic hydroxyl groups excluding tert-OH is 1. The first-order valence-corrected chi connectivity index (χ1v) is 4.01. The highest BCUT2D eigenvalue weighted by atomic mass is 19.2. The number of rotatable bonds is 3. The van der Waals surface area contributed by atoms with E-state index >= 15 is 0 Å². The van der Waals surface area contributed by atoms with Crippen LogP contribution >= 0.6 is 0 Å². The smallest absolute Gasteiger partial charge is 0.200 e. The minimum absolute atomic E-state index is 0.0819. The molecule has 0 aliphatic heterocycles. The summed E-state index contributed by atoms with van der Waals surface area (Å²) in [5, 5.41) is 9.36. The van der Waals surface area contributed by atoms with Crippen LogP contribution in [0.15, 0.2) is 12.1 Å². The van der Waals surface area contributed by atoms with E-state index in [1.54, 1.807) is 0 Å². The van der Waals surface area contributed by atoms with E-state index in [-0.39, 0.29) is 17.9 Å². The molecule has 1 aromatic carbocycles. The molecule has 0 saturated heterocycles. The van der Waals surface area contributed by atoms with Gasteiger partial charge in [-0.1, -0.05) is 0 Å². The summed E-state index contributed by atoms with van der Waals surface area (Å²) in [6.45, 7) is -0.0819. The zero-order valence-corrected chi connectivity index (χ0v) is 7.63. The van der Waals surface area contributed by atoms with Crippen LogP contribution in [0.5, 0.6) is 5.75 Å². The molecule has 14 heavy (non-hydrogen) atoms. The normalized spacial score (nSPS) is 12.6. The Kier molecular flexibility index (Phi) is 3.38. The monoisotopic (exact) mass is 203 g/mol. The molecule has 0 unspecified atom stereocenters. The van der Waals surface area contributed by atoms with Gasteiger partial charge < -0.3 is 15.6 Å². The fourth-order valence-electron chi connectivity index (χ4n) is 1.14. The van der Waals surface area contributed by atoms with Crippen molar-refractivity contribution in [2.75, 3.05) is 13.7 Å². The van der Waals surface area contributed by atoms with Crippen LogP contribution in [-0.2, 0) is 0 Å². The van der Waals surface area contributed by atoms with Gasteiger partial charge in [0.25, 0.3) is 0 Å². The summed E-state index contributed by atoms with van der Waals surface area (Å²) in [6, 6.07) is 2.17. The molecular weight excluding hydrogens is 192 g/mol. The predicted octanol–water partition coefficient (Wildman–Crippen LogP) is 0.966. The van der Waals surface area contributed by atoms with Crippen LogP contribution in [-0.4, -0.2) is 18.8 Å². The number of halogens is 2. The molecule has 78 valence electrons. The summed E-state index contributed by atoms with van der Waals surface area (Å²) in [5.74, 6) is -2.43. The summed E-state index contributed by atoms with van der Waals surface area (Å²) in [5.41, 5.74) is 5.34. The molecular formula is C9H11F2NO2. The number of ether oxygens (including phenoxy) is 1. The lowest BCUT2D eigenvalue weighted by Crippen LogP contribution is -2.13. The summed E-state index contributed by atoms with van der Waals surface area (Å²) in [4.78, 5) is 0. The predicted molar refractivity (Wildman–Crippen MR) is 46.9 cm³/mol. The van der Waals surface area contributed by atoms with E-state index in [1.807, 2.05) is 0 Å². The zero-order valence-electron chi connectivity index (χ0n) is 7.63. The van der Waals surface area contributed by atoms with E-state index in [4.69, 9.17) is 5.73 Å². The number of benzene rings is 1. The number of hydrogen-bond donors (Lipinski definition) is 2. The zero-order chi connectivity index (χ0) is 10.7. The van der Waals surface area contributed by atoms with Crippen LogP contribution in [0.3, 0.4) is 0 Å². The second-order valence-corrected chi connectivity index (χ2v) is 2.74. The molecule has 0 radical (unpaired) electrons. The van der Waals surface area contributed by atoms with Crippen molar-refractivity contribution in [2.45, 2.75) is 6.10 Å². The topological polar surface area (TPSA) is 55.5 Å². The van der Waals surface area contributed by atoms with Crippen molar-refractivity contribution in [3.63, 3.8) is 0 Å². The molecule has 1 aromatic rings. The van der Waals surface area contributed by atoms with Crippen LogP contribution in [0.1, 0.15) is 11.7 Å². The third-order valence-electron chi connectivity index (χ3n) is 1.87. The van der Waals surface area contributed by atoms with Gasteiger partial charge in [-0.25, -0.2) is 4.39 Å². The summed E-state index contributed by atoms with van der Waals surface area (Å²) >= 11 is 0. The summed E-state index contributed by atoms with van der Waals surface area (Å²) < 4.78 is 30.5. The maximum atomic E-state index is 13.1. The van der Waals surface area contributed by atoms with Crippen molar-refractivity contribution in [2.24, 2.45) is 5.73 Å². The molecule has 3 nitrogen and oxygen atoms in total. The minimum atomic E-state index is -1.11. The molecule has 0 heterocycles. The van der Waals surface area contributed by atoms with E-state index < -0.39 is 17.7 Å². The molecule has 0 saturated carbocycles. The number of aliphatic hydroxyl groups is 1. The van der Waals surface area contributed by atoms with Crippen LogP contribution in [0.2, 0.25) is 0 Å². The van der Waals surface area contributed by atoms with Crippen LogP contribution in [0.4, 0.5) is 8.78 Å². The largest absolute Gasteiger partial charge is 0.493 e. The fourth-order valence-corrected chi connectivity index (χ4v) is 1.14. The highest BCUT2D eigenvalue weighted by Crippen LogP contribution is 2.29. The number of nitrogens with two attached hydrogens (primary N) is 1. The summed E-state index contributed by atoms with van der Waals surface area (Å²) in [7, 11) is 1.20. The Labute approximate surface area is 80.1 Å². The van der Waals surface area contributed by atoms with Gasteiger partial charge in [-0.05, 0) is 12.1 Å². The Bertz CT molecular complexity index is 331. The maximum Gasteiger partial charge on any atom is 0.200 e. The maximum absolute atomic E-state index is 13.1. The standard InChI is InChI=1S/C9H11F2NO2/c1-14-9-5(7(13)4-12)2-3-6(10)8(9)11/h2-3,7,13H,4,12H2,1H3/t7-/m0/s1. The van der Waals surface area contributed by atoms with Crippen molar-refractivity contribution in [3.05, 3.63) is 29.3 Å². The lowest BCUT2D eigenvalue weighted by molar-refractivity contribution is 0.180. The van der Waals surface area contributed by atoms with Gasteiger partial charge in [-0.3, -0.25) is 0 Å². The Morgan fingerprint density at radius 1 is 1.50 bits per heavy atom. The molecule has 0 aliphatic rings. The Hall–Kier alpha value is -1.20. The van der Waals surface area contributed by atoms with Crippen LogP contribution in [0.25, 0.3) is 0 Å². The van der Waals surface area contributed by atoms with E-state index in [1.165, 1.54) is 13.2 Å². The third-order valence-corrected chi connectivity index (χ3v) is 1.87. The van der Waals surface area contributed by atoms with E-state index in [0.717, 1.165) is 6.07 Å². The van der Waals surface area contributed by atoms with Gasteiger partial charge in [0.15, 0.2) is 11.6 Å². The number of methoxy groups -OCH3 is 1. The quantitative estimate of drug-likeness (QED) is 0.769. The van der Waals surface area contributed by atoms with Gasteiger partial charge in [-0.2, -0.15) is 4.39 Å². The molecule has 0 bridgehead atoms. The van der Waals surface area contributed by atoms with Crippen LogP contribution < -0.4 is 10.5 Å². The van der Waals surface area contributed by atoms with Crippen molar-refractivity contribution in [1.29, 1.82) is 0 Å². The van der Waals surface area contributed by atoms with Crippen molar-refractivity contribution in [1.82, 2.24) is 0 Å². The molecule has 3 N–H and O–H groups in total. The lowest BCUT2D eigenvalue weighted by atomic mass is 10.1. The third kappa shape index (κ3) is 1.83. The lowest BCUT2D eigenvalue weighted by Gasteiger charge is -2.13. The van der Waals surface area contributed by atoms with Gasteiger partial charge in [-0.15, -0.1) is 0 Å². The second kappa shape index (κ2) is 4.34. The van der Waals surface area contributed by atoms with Gasteiger partial charge in [0.05, 0.1) is 13.2 Å². The molecule has 1 atom stereocenters. The molecule has 0 aliphatic carbocycles. The van der Waals surface area contributed by atoms with Gasteiger partial charge in [0.1, 0.15) is 0 Å². The Morgan fingerprint density at radius 2 is 2.14 bits per heavy atom. The van der Waals surface area contributed by atoms with Gasteiger partial charge in [0, 0.05) is 12.1 Å². The molecule has 0 spiro atoms.